The molecule has 1 amide bonds. The normalized spacial score (nSPS) is 13.7. The number of nitrogens with one attached hydrogen (secondary N) is 1. The van der Waals surface area contributed by atoms with Crippen LogP contribution in [0.4, 0.5) is 0 Å². The van der Waals surface area contributed by atoms with Crippen LogP contribution < -0.4 is 10.6 Å². The third kappa shape index (κ3) is 6.72. The van der Waals surface area contributed by atoms with Gasteiger partial charge in [0, 0.05) is 29.3 Å². The monoisotopic (exact) mass is 236 g/mol. The van der Waals surface area contributed by atoms with Crippen molar-refractivity contribution in [3.8, 4) is 0 Å². The molecule has 1 atom stereocenters. The van der Waals surface area contributed by atoms with E-state index in [1.165, 1.54) is 0 Å². The van der Waals surface area contributed by atoms with Gasteiger partial charge in [-0.15, -0.1) is 0 Å². The highest BCUT2D eigenvalue weighted by Gasteiger charge is 2.23. The van der Waals surface area contributed by atoms with Crippen LogP contribution in [0.15, 0.2) is 0 Å². The van der Waals surface area contributed by atoms with Crippen LogP contribution in [0.5, 0.6) is 0 Å². The number of rotatable bonds is 7. The fourth-order valence-corrected chi connectivity index (χ4v) is 1.32. The van der Waals surface area contributed by atoms with E-state index in [9.17, 15) is 10.1 Å². The smallest absolute Gasteiger partial charge is 0.223 e. The molecule has 1 unspecified atom stereocenters. The second-order valence-electron chi connectivity index (χ2n) is 4.08. The first-order valence-electron chi connectivity index (χ1n) is 4.83. The topological polar surface area (TPSA) is 70.6 Å². The number of amides is 1. The molecule has 6 heteroatoms. The Morgan fingerprint density at radius 3 is 2.67 bits per heavy atom. The van der Waals surface area contributed by atoms with E-state index in [0.29, 0.717) is 5.75 Å². The minimum absolute atomic E-state index is 0.00569. The first kappa shape index (κ1) is 14.7. The van der Waals surface area contributed by atoms with Gasteiger partial charge in [-0.2, -0.15) is 4.33 Å². The molecule has 5 nitrogen and oxygen atoms in total. The van der Waals surface area contributed by atoms with Gasteiger partial charge >= 0.3 is 0 Å². The first-order chi connectivity index (χ1) is 6.93. The Hall–Kier alpha value is -0.300. The molecule has 0 rings (SSSR count). The zero-order valence-corrected chi connectivity index (χ0v) is 10.3. The minimum Gasteiger partial charge on any atom is -0.691 e. The quantitative estimate of drug-likeness (QED) is 0.306. The predicted molar refractivity (Wildman–Crippen MR) is 56.3 cm³/mol. The van der Waals surface area contributed by atoms with Gasteiger partial charge in [0.15, 0.2) is 0 Å². The summed E-state index contributed by atoms with van der Waals surface area (Å²) in [6.07, 6.45) is 0.801. The molecule has 0 radical (unpaired) electrons. The molecule has 0 heterocycles. The van der Waals surface area contributed by atoms with Crippen molar-refractivity contribution in [1.29, 1.82) is 0 Å². The van der Waals surface area contributed by atoms with E-state index in [0.717, 1.165) is 18.5 Å². The Kier molecular flexibility index (Phi) is 6.91. The van der Waals surface area contributed by atoms with E-state index >= 15 is 0 Å². The van der Waals surface area contributed by atoms with Crippen LogP contribution in [-0.2, 0) is 14.2 Å². The molecule has 0 aliphatic carbocycles. The predicted octanol–water partition coefficient (Wildman–Crippen LogP) is 0.799. The largest absolute Gasteiger partial charge is 0.691 e. The molecule has 15 heavy (non-hydrogen) atoms. The average Bonchev–Trinajstić information content (AvgIpc) is 2.16. The minimum atomic E-state index is -0.427. The summed E-state index contributed by atoms with van der Waals surface area (Å²) in [7, 11) is 0. The zero-order chi connectivity index (χ0) is 11.9. The van der Waals surface area contributed by atoms with E-state index in [-0.39, 0.29) is 11.8 Å². The van der Waals surface area contributed by atoms with E-state index in [1.54, 1.807) is 0 Å². The van der Waals surface area contributed by atoms with Crippen molar-refractivity contribution in [2.75, 3.05) is 5.75 Å². The van der Waals surface area contributed by atoms with Gasteiger partial charge in [-0.05, 0) is 20.3 Å². The van der Waals surface area contributed by atoms with Crippen LogP contribution >= 0.6 is 12.0 Å². The van der Waals surface area contributed by atoms with Gasteiger partial charge in [-0.25, -0.2) is 0 Å². The van der Waals surface area contributed by atoms with Gasteiger partial charge in [0.1, 0.15) is 0 Å². The number of hydrogen-bond acceptors (Lipinski definition) is 5. The van der Waals surface area contributed by atoms with E-state index in [2.05, 4.69) is 14.7 Å². The highest BCUT2D eigenvalue weighted by Crippen LogP contribution is 2.14. The average molecular weight is 236 g/mol. The summed E-state index contributed by atoms with van der Waals surface area (Å²) in [5.41, 5.74) is -0.427. The Morgan fingerprint density at radius 2 is 2.20 bits per heavy atom. The number of hydrogen-bond donors (Lipinski definition) is 1. The molecule has 0 aliphatic heterocycles. The van der Waals surface area contributed by atoms with Gasteiger partial charge in [0.05, 0.1) is 0 Å². The maximum Gasteiger partial charge on any atom is 0.223 e. The maximum absolute atomic E-state index is 11.6. The Bertz CT molecular complexity index is 199. The summed E-state index contributed by atoms with van der Waals surface area (Å²) in [4.78, 5) is 11.6. The molecule has 0 saturated carbocycles. The van der Waals surface area contributed by atoms with E-state index in [1.807, 2.05) is 27.7 Å². The molecular weight excluding hydrogens is 218 g/mol. The van der Waals surface area contributed by atoms with E-state index < -0.39 is 5.54 Å². The number of carbonyl (C=O) groups is 1. The third-order valence-corrected chi connectivity index (χ3v) is 3.01. The lowest BCUT2D eigenvalue weighted by Crippen LogP contribution is -2.47. The summed E-state index contributed by atoms with van der Waals surface area (Å²) >= 11 is 0.872. The first-order valence-corrected chi connectivity index (χ1v) is 5.74. The van der Waals surface area contributed by atoms with Gasteiger partial charge in [0.25, 0.3) is 0 Å². The van der Waals surface area contributed by atoms with Gasteiger partial charge in [-0.3, -0.25) is 9.83 Å². The molecule has 0 aliphatic rings. The summed E-state index contributed by atoms with van der Waals surface area (Å²) in [5.74, 6) is 0.439. The summed E-state index contributed by atoms with van der Waals surface area (Å²) in [5, 5.41) is 15.6. The highest BCUT2D eigenvalue weighted by atomic mass is 32.2. The van der Waals surface area contributed by atoms with Gasteiger partial charge in [-0.1, -0.05) is 13.8 Å². The summed E-state index contributed by atoms with van der Waals surface area (Å²) in [6.45, 7) is 7.54. The molecule has 0 saturated heterocycles. The van der Waals surface area contributed by atoms with E-state index in [4.69, 9.17) is 0 Å². The fourth-order valence-electron chi connectivity index (χ4n) is 0.869. The van der Waals surface area contributed by atoms with Crippen LogP contribution in [-0.4, -0.2) is 17.2 Å². The lowest BCUT2D eigenvalue weighted by Gasteiger charge is -2.26. The van der Waals surface area contributed by atoms with Crippen molar-refractivity contribution in [2.45, 2.75) is 39.7 Å². The standard InChI is InChI=1S/C9H19NO4S/c1-5-7(2)8(11)10-9(3,4)6-15-14-13-12/h7,12H,5-6H2,1-4H3,(H,10,11)/p-1. The van der Waals surface area contributed by atoms with Crippen molar-refractivity contribution in [2.24, 2.45) is 5.92 Å². The van der Waals surface area contributed by atoms with Gasteiger partial charge < -0.3 is 10.6 Å². The Labute approximate surface area is 94.6 Å². The third-order valence-electron chi connectivity index (χ3n) is 2.02. The van der Waals surface area contributed by atoms with Crippen molar-refractivity contribution < 1.29 is 19.4 Å². The molecule has 0 aromatic rings. The van der Waals surface area contributed by atoms with Crippen LogP contribution in [0, 0.1) is 5.92 Å². The van der Waals surface area contributed by atoms with Crippen molar-refractivity contribution in [3.63, 3.8) is 0 Å². The maximum atomic E-state index is 11.6. The lowest BCUT2D eigenvalue weighted by molar-refractivity contribution is -0.777. The van der Waals surface area contributed by atoms with Crippen molar-refractivity contribution in [1.82, 2.24) is 5.32 Å². The summed E-state index contributed by atoms with van der Waals surface area (Å²) in [6, 6.07) is 0. The Morgan fingerprint density at radius 1 is 1.60 bits per heavy atom. The van der Waals surface area contributed by atoms with Crippen molar-refractivity contribution in [3.05, 3.63) is 0 Å². The molecule has 1 N–H and O–H groups in total. The SMILES string of the molecule is CCC(C)C(=O)NC(C)(C)CSOO[O-]. The molecule has 0 spiro atoms. The molecule has 90 valence electrons. The van der Waals surface area contributed by atoms with Gasteiger partial charge in [0.2, 0.25) is 5.91 Å². The number of carbonyl (C=O) groups excluding carboxylic acids is 1. The lowest BCUT2D eigenvalue weighted by atomic mass is 10.0. The Balaban J connectivity index is 3.95. The fraction of sp³-hybridized carbons (Fsp3) is 0.889. The molecule has 0 fully saturated rings. The molecule has 0 aromatic heterocycles. The van der Waals surface area contributed by atoms with Crippen LogP contribution in [0.25, 0.3) is 0 Å². The summed E-state index contributed by atoms with van der Waals surface area (Å²) < 4.78 is 4.15. The second kappa shape index (κ2) is 7.05. The van der Waals surface area contributed by atoms with Crippen LogP contribution in [0.2, 0.25) is 0 Å². The van der Waals surface area contributed by atoms with Crippen molar-refractivity contribution >= 4 is 17.9 Å². The van der Waals surface area contributed by atoms with Crippen LogP contribution in [0.1, 0.15) is 34.1 Å². The molecular formula is C9H18NO4S-. The second-order valence-corrected chi connectivity index (χ2v) is 4.74. The zero-order valence-electron chi connectivity index (χ0n) is 9.53. The highest BCUT2D eigenvalue weighted by molar-refractivity contribution is 7.94. The molecule has 0 aromatic carbocycles. The molecule has 0 bridgehead atoms. The van der Waals surface area contributed by atoms with Crippen LogP contribution in [0.3, 0.4) is 0 Å².